The average Bonchev–Trinajstić information content (AvgIpc) is 2.81. The van der Waals surface area contributed by atoms with Gasteiger partial charge in [-0.05, 0) is 36.8 Å². The summed E-state index contributed by atoms with van der Waals surface area (Å²) in [7, 11) is 0. The van der Waals surface area contributed by atoms with Gasteiger partial charge in [-0.25, -0.2) is 9.37 Å². The van der Waals surface area contributed by atoms with Crippen LogP contribution in [0, 0.1) is 17.7 Å². The maximum atomic E-state index is 13.8. The number of halogens is 2. The number of nitrogens with zero attached hydrogens (tertiary/aromatic N) is 2. The predicted molar refractivity (Wildman–Crippen MR) is 80.4 cm³/mol. The topological polar surface area (TPSA) is 17.8 Å². The minimum absolute atomic E-state index is 0.259. The molecule has 1 aromatic carbocycles. The highest BCUT2D eigenvalue weighted by atomic mass is 35.5. The first kappa shape index (κ1) is 13.9. The van der Waals surface area contributed by atoms with Crippen LogP contribution >= 0.6 is 11.6 Å². The van der Waals surface area contributed by atoms with Crippen LogP contribution in [0.15, 0.2) is 18.2 Å². The van der Waals surface area contributed by atoms with Crippen molar-refractivity contribution in [1.29, 1.82) is 0 Å². The molecule has 1 saturated carbocycles. The molecule has 20 heavy (non-hydrogen) atoms. The summed E-state index contributed by atoms with van der Waals surface area (Å²) in [4.78, 5) is 4.37. The monoisotopic (exact) mass is 294 g/mol. The molecular weight excluding hydrogens is 275 g/mol. The lowest BCUT2D eigenvalue weighted by atomic mass is 9.83. The molecule has 0 bridgehead atoms. The van der Waals surface area contributed by atoms with Crippen LogP contribution in [0.25, 0.3) is 11.0 Å². The van der Waals surface area contributed by atoms with Gasteiger partial charge in [-0.15, -0.1) is 11.6 Å². The van der Waals surface area contributed by atoms with Gasteiger partial charge >= 0.3 is 0 Å². The zero-order valence-corrected chi connectivity index (χ0v) is 12.5. The molecule has 0 amide bonds. The zero-order valence-electron chi connectivity index (χ0n) is 11.8. The van der Waals surface area contributed by atoms with Crippen LogP contribution < -0.4 is 0 Å². The Balaban J connectivity index is 1.92. The quantitative estimate of drug-likeness (QED) is 0.748. The van der Waals surface area contributed by atoms with E-state index in [4.69, 9.17) is 11.6 Å². The van der Waals surface area contributed by atoms with Crippen LogP contribution in [-0.4, -0.2) is 9.55 Å². The number of imidazole rings is 1. The molecule has 0 saturated heterocycles. The van der Waals surface area contributed by atoms with Crippen molar-refractivity contribution in [3.63, 3.8) is 0 Å². The number of aromatic nitrogens is 2. The van der Waals surface area contributed by atoms with E-state index in [-0.39, 0.29) is 5.82 Å². The van der Waals surface area contributed by atoms with Crippen molar-refractivity contribution < 1.29 is 4.39 Å². The molecule has 1 fully saturated rings. The minimum Gasteiger partial charge on any atom is -0.327 e. The van der Waals surface area contributed by atoms with Crippen LogP contribution in [0.3, 0.4) is 0 Å². The number of benzene rings is 1. The van der Waals surface area contributed by atoms with E-state index in [1.807, 2.05) is 6.07 Å². The van der Waals surface area contributed by atoms with E-state index in [9.17, 15) is 4.39 Å². The summed E-state index contributed by atoms with van der Waals surface area (Å²) in [5, 5.41) is 0. The molecule has 1 heterocycles. The summed E-state index contributed by atoms with van der Waals surface area (Å²) in [6.45, 7) is 3.23. The molecule has 0 aliphatic heterocycles. The van der Waals surface area contributed by atoms with Crippen molar-refractivity contribution in [1.82, 2.24) is 9.55 Å². The van der Waals surface area contributed by atoms with Crippen LogP contribution in [0.4, 0.5) is 4.39 Å². The van der Waals surface area contributed by atoms with Crippen LogP contribution in [-0.2, 0) is 12.4 Å². The van der Waals surface area contributed by atoms with Gasteiger partial charge in [-0.1, -0.05) is 25.8 Å². The largest absolute Gasteiger partial charge is 0.327 e. The average molecular weight is 295 g/mol. The molecule has 2 nitrogen and oxygen atoms in total. The number of hydrogen-bond donors (Lipinski definition) is 0. The summed E-state index contributed by atoms with van der Waals surface area (Å²) in [5.74, 6) is 2.36. The Morgan fingerprint density at radius 1 is 1.30 bits per heavy atom. The number of alkyl halides is 1. The van der Waals surface area contributed by atoms with E-state index in [2.05, 4.69) is 16.5 Å². The third kappa shape index (κ3) is 2.56. The van der Waals surface area contributed by atoms with Crippen molar-refractivity contribution in [2.24, 2.45) is 11.8 Å². The number of rotatable bonds is 3. The van der Waals surface area contributed by atoms with Crippen LogP contribution in [0.2, 0.25) is 0 Å². The van der Waals surface area contributed by atoms with E-state index >= 15 is 0 Å². The van der Waals surface area contributed by atoms with E-state index < -0.39 is 0 Å². The first-order valence-corrected chi connectivity index (χ1v) is 7.92. The lowest BCUT2D eigenvalue weighted by Gasteiger charge is -2.27. The van der Waals surface area contributed by atoms with Gasteiger partial charge in [0.05, 0.1) is 11.4 Å². The van der Waals surface area contributed by atoms with Crippen LogP contribution in [0.5, 0.6) is 0 Å². The lowest BCUT2D eigenvalue weighted by Crippen LogP contribution is -2.18. The Morgan fingerprint density at radius 2 is 2.05 bits per heavy atom. The van der Waals surface area contributed by atoms with Crippen molar-refractivity contribution in [3.8, 4) is 0 Å². The highest BCUT2D eigenvalue weighted by molar-refractivity contribution is 6.16. The summed E-state index contributed by atoms with van der Waals surface area (Å²) < 4.78 is 15.9. The molecule has 2 aromatic rings. The standard InChI is InChI=1S/C16H20ClFN2/c1-11-5-7-12(8-6-11)10-20-14-4-2-3-13(18)16(14)19-15(20)9-17/h2-4,11-12H,5-10H2,1H3. The molecule has 108 valence electrons. The highest BCUT2D eigenvalue weighted by Crippen LogP contribution is 2.31. The maximum absolute atomic E-state index is 13.8. The molecule has 0 radical (unpaired) electrons. The number of hydrogen-bond acceptors (Lipinski definition) is 1. The van der Waals surface area contributed by atoms with E-state index in [0.717, 1.165) is 23.8 Å². The molecule has 3 rings (SSSR count). The molecule has 1 aliphatic rings. The fraction of sp³-hybridized carbons (Fsp3) is 0.562. The van der Waals surface area contributed by atoms with Gasteiger partial charge in [-0.3, -0.25) is 0 Å². The molecule has 1 aromatic heterocycles. The molecule has 1 aliphatic carbocycles. The van der Waals surface area contributed by atoms with Gasteiger partial charge in [0.25, 0.3) is 0 Å². The fourth-order valence-corrected chi connectivity index (χ4v) is 3.44. The van der Waals surface area contributed by atoms with Gasteiger partial charge in [0.15, 0.2) is 5.82 Å². The Bertz CT molecular complexity index is 600. The van der Waals surface area contributed by atoms with Crippen molar-refractivity contribution in [2.45, 2.75) is 45.0 Å². The van der Waals surface area contributed by atoms with Gasteiger partial charge in [0.2, 0.25) is 0 Å². The van der Waals surface area contributed by atoms with Gasteiger partial charge in [0, 0.05) is 6.54 Å². The third-order valence-electron chi connectivity index (χ3n) is 4.50. The number of para-hydroxylation sites is 1. The zero-order chi connectivity index (χ0) is 14.1. The fourth-order valence-electron chi connectivity index (χ4n) is 3.24. The smallest absolute Gasteiger partial charge is 0.151 e. The Hall–Kier alpha value is -1.09. The summed E-state index contributed by atoms with van der Waals surface area (Å²) >= 11 is 5.99. The van der Waals surface area contributed by atoms with E-state index in [0.29, 0.717) is 17.3 Å². The normalized spacial score (nSPS) is 23.4. The second-order valence-corrected chi connectivity index (χ2v) is 6.27. The molecule has 4 heteroatoms. The Morgan fingerprint density at radius 3 is 2.75 bits per heavy atom. The molecule has 0 atom stereocenters. The first-order chi connectivity index (χ1) is 9.69. The summed E-state index contributed by atoms with van der Waals surface area (Å²) in [6, 6.07) is 5.14. The van der Waals surface area contributed by atoms with E-state index in [1.165, 1.54) is 31.7 Å². The Kier molecular flexibility index (Phi) is 3.97. The lowest BCUT2D eigenvalue weighted by molar-refractivity contribution is 0.265. The minimum atomic E-state index is -0.259. The Labute approximate surface area is 123 Å². The van der Waals surface area contributed by atoms with Crippen LogP contribution in [0.1, 0.15) is 38.4 Å². The van der Waals surface area contributed by atoms with Gasteiger partial charge in [0.1, 0.15) is 11.3 Å². The molecular formula is C16H20ClFN2. The van der Waals surface area contributed by atoms with Gasteiger partial charge in [-0.2, -0.15) is 0 Å². The summed E-state index contributed by atoms with van der Waals surface area (Å²) in [6.07, 6.45) is 5.08. The van der Waals surface area contributed by atoms with E-state index in [1.54, 1.807) is 6.07 Å². The molecule has 0 spiro atoms. The molecule has 0 unspecified atom stereocenters. The SMILES string of the molecule is CC1CCC(Cn2c(CCl)nc3c(F)cccc32)CC1. The van der Waals surface area contributed by atoms with Crippen molar-refractivity contribution in [3.05, 3.63) is 29.8 Å². The third-order valence-corrected chi connectivity index (χ3v) is 4.74. The second kappa shape index (κ2) is 5.72. The maximum Gasteiger partial charge on any atom is 0.151 e. The van der Waals surface area contributed by atoms with Crippen molar-refractivity contribution in [2.75, 3.05) is 0 Å². The molecule has 0 N–H and O–H groups in total. The summed E-state index contributed by atoms with van der Waals surface area (Å²) in [5.41, 5.74) is 1.33. The first-order valence-electron chi connectivity index (χ1n) is 7.38. The van der Waals surface area contributed by atoms with Crippen molar-refractivity contribution >= 4 is 22.6 Å². The highest BCUT2D eigenvalue weighted by Gasteiger charge is 2.21. The number of fused-ring (bicyclic) bond motifs is 1. The predicted octanol–water partition coefficient (Wildman–Crippen LogP) is 4.74. The van der Waals surface area contributed by atoms with Gasteiger partial charge < -0.3 is 4.57 Å². The second-order valence-electron chi connectivity index (χ2n) is 6.01.